The Hall–Kier alpha value is -0.510. The zero-order valence-electron chi connectivity index (χ0n) is 11.9. The third-order valence-corrected chi connectivity index (χ3v) is 6.92. The number of carbonyl (C=O) groups is 1. The number of phosphoric ester groups is 2. The maximum atomic E-state index is 12.5. The highest BCUT2D eigenvalue weighted by Gasteiger charge is 3.03. The molecule has 5 saturated heterocycles. The van der Waals surface area contributed by atoms with Gasteiger partial charge in [0, 0.05) is 6.92 Å². The zero-order valence-corrected chi connectivity index (χ0v) is 13.7. The molecule has 17 heteroatoms. The minimum absolute atomic E-state index is 0.916. The molecule has 0 aliphatic carbocycles. The van der Waals surface area contributed by atoms with Crippen molar-refractivity contribution < 1.29 is 66.2 Å². The van der Waals surface area contributed by atoms with Crippen molar-refractivity contribution in [1.29, 1.82) is 0 Å². The second kappa shape index (κ2) is 4.00. The van der Waals surface area contributed by atoms with E-state index in [2.05, 4.69) is 4.67 Å². The summed E-state index contributed by atoms with van der Waals surface area (Å²) >= 11 is 0. The van der Waals surface area contributed by atoms with Crippen molar-refractivity contribution >= 4 is 21.6 Å². The molecule has 5 aliphatic rings. The Morgan fingerprint density at radius 2 is 1.80 bits per heavy atom. The van der Waals surface area contributed by atoms with E-state index in [0.29, 0.717) is 0 Å². The monoisotopic (exact) mass is 405 g/mol. The van der Waals surface area contributed by atoms with Gasteiger partial charge in [0.2, 0.25) is 5.91 Å². The number of carbonyl (C=O) groups excluding carboxylic acids is 1. The third kappa shape index (κ3) is 1.45. The second-order valence-corrected chi connectivity index (χ2v) is 8.58. The highest BCUT2D eigenvalue weighted by atomic mass is 31.2. The van der Waals surface area contributed by atoms with Gasteiger partial charge in [0.25, 0.3) is 17.3 Å². The molecule has 0 saturated carbocycles. The van der Waals surface area contributed by atoms with E-state index in [1.165, 1.54) is 0 Å². The third-order valence-electron chi connectivity index (χ3n) is 4.21. The molecule has 15 nitrogen and oxygen atoms in total. The Kier molecular flexibility index (Phi) is 2.66. The lowest BCUT2D eigenvalue weighted by Crippen LogP contribution is -2.90. The lowest BCUT2D eigenvalue weighted by atomic mass is 9.82. The van der Waals surface area contributed by atoms with E-state index in [1.807, 2.05) is 5.32 Å². The average molecular weight is 405 g/mol. The molecule has 0 aromatic heterocycles. The largest absolute Gasteiger partial charge is 0.508 e. The molecule has 5 rings (SSSR count). The van der Waals surface area contributed by atoms with Gasteiger partial charge in [-0.1, -0.05) is 0 Å². The summed E-state index contributed by atoms with van der Waals surface area (Å²) in [6, 6.07) is 0. The van der Waals surface area contributed by atoms with Crippen LogP contribution >= 0.6 is 15.6 Å². The zero-order chi connectivity index (χ0) is 18.1. The average Bonchev–Trinajstić information content (AvgIpc) is 2.91. The van der Waals surface area contributed by atoms with Crippen molar-refractivity contribution in [2.75, 3.05) is 6.61 Å². The molecular formula is C8H9NO14P2. The number of phosphoric acid groups is 2. The minimum Gasteiger partial charge on any atom is -0.391 e. The van der Waals surface area contributed by atoms with Crippen LogP contribution in [0.4, 0.5) is 0 Å². The molecule has 5 fully saturated rings. The number of aliphatic hydroxyl groups is 3. The summed E-state index contributed by atoms with van der Waals surface area (Å²) in [5, 5.41) is 33.3. The Bertz CT molecular complexity index is 819. The summed E-state index contributed by atoms with van der Waals surface area (Å²) in [4.78, 5) is 16.4. The minimum atomic E-state index is -4.71. The van der Waals surface area contributed by atoms with Crippen LogP contribution in [0.15, 0.2) is 0 Å². The highest BCUT2D eigenvalue weighted by Crippen LogP contribution is 2.85. The molecule has 7 atom stereocenters. The van der Waals surface area contributed by atoms with Gasteiger partial charge in [0.15, 0.2) is 0 Å². The van der Waals surface area contributed by atoms with E-state index < -0.39 is 57.2 Å². The number of nitrogens with one attached hydrogen (secondary N) is 1. The number of hydrogen-bond acceptors (Lipinski definition) is 14. The van der Waals surface area contributed by atoms with Crippen LogP contribution in [0.2, 0.25) is 0 Å². The molecule has 0 aromatic rings. The first-order valence-corrected chi connectivity index (χ1v) is 9.50. The lowest BCUT2D eigenvalue weighted by Gasteiger charge is -2.58. The Morgan fingerprint density at radius 3 is 2.44 bits per heavy atom. The number of hydrogen-bond donors (Lipinski definition) is 4. The van der Waals surface area contributed by atoms with Gasteiger partial charge in [0.05, 0.1) is 0 Å². The topological polar surface area (TPSA) is 198 Å². The van der Waals surface area contributed by atoms with E-state index in [0.717, 1.165) is 6.92 Å². The molecule has 140 valence electrons. The molecule has 0 aromatic carbocycles. The summed E-state index contributed by atoms with van der Waals surface area (Å²) < 4.78 is 58.5. The van der Waals surface area contributed by atoms with Crippen molar-refractivity contribution in [1.82, 2.24) is 5.32 Å². The van der Waals surface area contributed by atoms with E-state index in [9.17, 15) is 29.2 Å². The maximum Gasteiger partial charge on any atom is 0.508 e. The van der Waals surface area contributed by atoms with Crippen LogP contribution < -0.4 is 5.32 Å². The molecule has 4 N–H and O–H groups in total. The summed E-state index contributed by atoms with van der Waals surface area (Å²) in [5.74, 6) is -13.1. The van der Waals surface area contributed by atoms with Crippen molar-refractivity contribution in [3.8, 4) is 0 Å². The first-order chi connectivity index (χ1) is 11.4. The molecular weight excluding hydrogens is 396 g/mol. The maximum absolute atomic E-state index is 12.5. The van der Waals surface area contributed by atoms with Crippen LogP contribution in [0.25, 0.3) is 0 Å². The van der Waals surface area contributed by atoms with Crippen molar-refractivity contribution in [2.45, 2.75) is 36.0 Å². The summed E-state index contributed by atoms with van der Waals surface area (Å²) in [7, 11) is -9.39. The smallest absolute Gasteiger partial charge is 0.391 e. The van der Waals surface area contributed by atoms with E-state index >= 15 is 0 Å². The molecule has 0 radical (unpaired) electrons. The van der Waals surface area contributed by atoms with Crippen LogP contribution in [0.5, 0.6) is 0 Å². The van der Waals surface area contributed by atoms with Crippen molar-refractivity contribution in [2.24, 2.45) is 0 Å². The number of aliphatic hydroxyl groups excluding tert-OH is 1. The Morgan fingerprint density at radius 1 is 1.08 bits per heavy atom. The number of rotatable bonds is 2. The molecule has 5 aliphatic heterocycles. The van der Waals surface area contributed by atoms with E-state index in [4.69, 9.17) is 32.2 Å². The fourth-order valence-electron chi connectivity index (χ4n) is 3.35. The second-order valence-electron chi connectivity index (χ2n) is 5.73. The molecule has 2 unspecified atom stereocenters. The van der Waals surface area contributed by atoms with Crippen LogP contribution in [0.3, 0.4) is 0 Å². The molecule has 4 bridgehead atoms. The van der Waals surface area contributed by atoms with Crippen LogP contribution in [0, 0.1) is 0 Å². The van der Waals surface area contributed by atoms with Gasteiger partial charge in [-0.25, -0.2) is 31.7 Å². The molecule has 5 heterocycles. The normalized spacial score (nSPS) is 63.7. The summed E-state index contributed by atoms with van der Waals surface area (Å²) in [6.07, 6.45) is 0. The number of fused-ring (bicyclic) bond motifs is 2. The van der Waals surface area contributed by atoms with Gasteiger partial charge in [0.1, 0.15) is 6.61 Å². The molecule has 1 spiro atoms. The highest BCUT2D eigenvalue weighted by molar-refractivity contribution is 7.49. The van der Waals surface area contributed by atoms with Gasteiger partial charge in [-0.3, -0.25) is 9.53 Å². The fourth-order valence-corrected chi connectivity index (χ4v) is 6.60. The summed E-state index contributed by atoms with van der Waals surface area (Å²) in [5.41, 5.74) is -2.87. The van der Waals surface area contributed by atoms with Crippen LogP contribution in [-0.4, -0.2) is 56.9 Å². The van der Waals surface area contributed by atoms with Gasteiger partial charge in [-0.2, -0.15) is 4.89 Å². The number of amides is 1. The fraction of sp³-hybridized carbons (Fsp3) is 0.875. The van der Waals surface area contributed by atoms with Crippen molar-refractivity contribution in [3.05, 3.63) is 0 Å². The predicted molar refractivity (Wildman–Crippen MR) is 62.9 cm³/mol. The predicted octanol–water partition coefficient (Wildman–Crippen LogP) is -2.13. The van der Waals surface area contributed by atoms with E-state index in [-0.39, 0.29) is 0 Å². The van der Waals surface area contributed by atoms with Crippen LogP contribution in [0.1, 0.15) is 6.92 Å². The SMILES string of the molecule is CC(=O)N[C@@]12OP3(=O)O[C@]1(O)O[C@]1(CO)OP4(=O)OO[C@@]2(O3)[C@@]1(O)O4. The Balaban J connectivity index is 1.83. The van der Waals surface area contributed by atoms with Crippen LogP contribution in [-0.2, 0) is 50.8 Å². The lowest BCUT2D eigenvalue weighted by molar-refractivity contribution is -0.601. The number of ether oxygens (including phenoxy) is 1. The first kappa shape index (κ1) is 16.6. The van der Waals surface area contributed by atoms with Gasteiger partial charge in [-0.15, -0.1) is 4.67 Å². The van der Waals surface area contributed by atoms with Gasteiger partial charge >= 0.3 is 27.4 Å². The summed E-state index contributed by atoms with van der Waals surface area (Å²) in [6.45, 7) is -0.337. The first-order valence-electron chi connectivity index (χ1n) is 6.58. The Labute approximate surface area is 136 Å². The molecule has 25 heavy (non-hydrogen) atoms. The van der Waals surface area contributed by atoms with E-state index in [1.54, 1.807) is 0 Å². The van der Waals surface area contributed by atoms with Gasteiger partial charge < -0.3 is 20.6 Å². The standard InChI is InChI=1S/C8H9NO14P2/c1-3(11)9-5-7-6(12)4(2-10,18-25(15,20-6)23-17-7)16-8(5,13)22-24(14,19-5)21-7/h10,12-13H,2H2,1H3,(H,9,11)/t4-,5+,6+,7+,8-,24?,25?/m1/s1. The quantitative estimate of drug-likeness (QED) is 0.287. The molecule has 1 amide bonds. The van der Waals surface area contributed by atoms with Gasteiger partial charge in [-0.05, 0) is 0 Å². The van der Waals surface area contributed by atoms with Crippen molar-refractivity contribution in [3.63, 3.8) is 0 Å².